The van der Waals surface area contributed by atoms with Gasteiger partial charge in [0, 0.05) is 23.0 Å². The molecule has 0 saturated heterocycles. The maximum atomic E-state index is 12.3. The normalized spacial score (nSPS) is 23.4. The highest BCUT2D eigenvalue weighted by Crippen LogP contribution is 2.74. The van der Waals surface area contributed by atoms with Gasteiger partial charge in [0.15, 0.2) is 0 Å². The van der Waals surface area contributed by atoms with Crippen LogP contribution in [-0.2, 0) is 10.8 Å². The fraction of sp³-hybridized carbons (Fsp3) is 0.400. The molecule has 4 fully saturated rings. The van der Waals surface area contributed by atoms with Gasteiger partial charge in [0.1, 0.15) is 34.5 Å². The van der Waals surface area contributed by atoms with Crippen molar-refractivity contribution in [1.82, 2.24) is 0 Å². The number of aryl methyl sites for hydroxylation is 10. The molecule has 4 bridgehead atoms. The Balaban J connectivity index is 1.25. The molecule has 6 N–H and O–H groups in total. The molecule has 6 heteroatoms. The van der Waals surface area contributed by atoms with Crippen LogP contribution in [0.2, 0.25) is 0 Å². The van der Waals surface area contributed by atoms with Gasteiger partial charge in [-0.2, -0.15) is 0 Å². The van der Waals surface area contributed by atoms with Crippen molar-refractivity contribution in [2.45, 2.75) is 144 Å². The summed E-state index contributed by atoms with van der Waals surface area (Å²) >= 11 is 0. The lowest BCUT2D eigenvalue weighted by molar-refractivity contribution is -0.126. The van der Waals surface area contributed by atoms with Crippen LogP contribution in [0.3, 0.4) is 0 Å². The van der Waals surface area contributed by atoms with Crippen LogP contribution >= 0.6 is 0 Å². The minimum atomic E-state index is -0.366. The van der Waals surface area contributed by atoms with Gasteiger partial charge in [0.05, 0.1) is 0 Å². The average molecular weight is 885 g/mol. The molecule has 0 unspecified atom stereocenters. The van der Waals surface area contributed by atoms with Gasteiger partial charge in [-0.15, -0.1) is 0 Å². The predicted octanol–water partition coefficient (Wildman–Crippen LogP) is 13.9. The molecule has 10 rings (SSSR count). The number of phenolic OH excluding ortho intramolecular Hbond substituents is 6. The fourth-order valence-corrected chi connectivity index (χ4v) is 14.5. The topological polar surface area (TPSA) is 121 Å². The van der Waals surface area contributed by atoms with E-state index >= 15 is 0 Å². The second kappa shape index (κ2) is 15.3. The van der Waals surface area contributed by atoms with Gasteiger partial charge in [0.2, 0.25) is 0 Å². The van der Waals surface area contributed by atoms with Crippen molar-refractivity contribution in [3.63, 3.8) is 0 Å². The molecule has 66 heavy (non-hydrogen) atoms. The quantitative estimate of drug-likeness (QED) is 0.0847. The summed E-state index contributed by atoms with van der Waals surface area (Å²) in [6, 6.07) is 24.6. The summed E-state index contributed by atoms with van der Waals surface area (Å²) in [6.45, 7) is 24.8. The highest BCUT2D eigenvalue weighted by atomic mass is 16.3. The maximum Gasteiger partial charge on any atom is 0.122 e. The molecule has 0 atom stereocenters. The Bertz CT molecular complexity index is 2680. The van der Waals surface area contributed by atoms with E-state index in [2.05, 4.69) is 62.4 Å². The molecule has 0 aliphatic heterocycles. The second-order valence-corrected chi connectivity index (χ2v) is 22.6. The van der Waals surface area contributed by atoms with Crippen LogP contribution in [0, 0.1) is 80.1 Å². The Labute approximate surface area is 391 Å². The summed E-state index contributed by atoms with van der Waals surface area (Å²) < 4.78 is 0. The van der Waals surface area contributed by atoms with Gasteiger partial charge in [-0.3, -0.25) is 0 Å². The smallest absolute Gasteiger partial charge is 0.122 e. The first-order valence-electron chi connectivity index (χ1n) is 23.7. The molecule has 0 spiro atoms. The molecule has 6 aromatic rings. The van der Waals surface area contributed by atoms with E-state index in [0.29, 0.717) is 0 Å². The highest BCUT2D eigenvalue weighted by molar-refractivity contribution is 5.62. The van der Waals surface area contributed by atoms with E-state index in [1.807, 2.05) is 93.5 Å². The molecule has 4 saturated carbocycles. The minimum absolute atomic E-state index is 0.0326. The van der Waals surface area contributed by atoms with Gasteiger partial charge < -0.3 is 30.6 Å². The van der Waals surface area contributed by atoms with Crippen molar-refractivity contribution in [3.05, 3.63) is 173 Å². The molecular weight excluding hydrogens is 817 g/mol. The molecule has 344 valence electrons. The van der Waals surface area contributed by atoms with Crippen molar-refractivity contribution in [3.8, 4) is 34.5 Å². The number of rotatable bonds is 8. The number of hydrogen-bond donors (Lipinski definition) is 6. The van der Waals surface area contributed by atoms with E-state index in [4.69, 9.17) is 0 Å². The van der Waals surface area contributed by atoms with Crippen LogP contribution in [0.5, 0.6) is 34.5 Å². The van der Waals surface area contributed by atoms with Gasteiger partial charge >= 0.3 is 0 Å². The molecule has 0 aromatic heterocycles. The zero-order valence-electron chi connectivity index (χ0n) is 41.0. The van der Waals surface area contributed by atoms with Crippen molar-refractivity contribution in [1.29, 1.82) is 0 Å². The third-order valence-corrected chi connectivity index (χ3v) is 16.7. The Kier molecular flexibility index (Phi) is 10.5. The van der Waals surface area contributed by atoms with E-state index in [1.165, 1.54) is 11.1 Å². The van der Waals surface area contributed by atoms with Crippen LogP contribution < -0.4 is 0 Å². The Morgan fingerprint density at radius 2 is 0.576 bits per heavy atom. The lowest BCUT2D eigenvalue weighted by Gasteiger charge is -2.70. The largest absolute Gasteiger partial charge is 0.508 e. The lowest BCUT2D eigenvalue weighted by atomic mass is 9.34. The summed E-state index contributed by atoms with van der Waals surface area (Å²) in [7, 11) is 0. The summed E-state index contributed by atoms with van der Waals surface area (Å²) in [5.41, 5.74) is 16.3. The first kappa shape index (κ1) is 45.3. The lowest BCUT2D eigenvalue weighted by Crippen LogP contribution is -2.62. The third-order valence-electron chi connectivity index (χ3n) is 16.7. The van der Waals surface area contributed by atoms with Crippen LogP contribution in [0.15, 0.2) is 72.8 Å². The van der Waals surface area contributed by atoms with Crippen molar-refractivity contribution >= 4 is 0 Å². The standard InChI is InChI=1S/C60H68O6/c1-31-19-49(61)35(5)15-43(31)53(44-16-36(6)50(62)20-32(44)2)47-23-41(13-39(9)55(47)65)59-26-57(11)25-58(12,27-59)29-60(28-57,30-59)42-14-40(10)56(66)48(24-42)54(45-17-37(7)51(63)21-33(45)3)46-18-38(8)52(64)22-34(46)4/h13-24,53-54,61-66H,25-30H2,1-12H3. The van der Waals surface area contributed by atoms with Crippen LogP contribution in [0.25, 0.3) is 0 Å². The summed E-state index contributed by atoms with van der Waals surface area (Å²) in [4.78, 5) is 0. The Morgan fingerprint density at radius 1 is 0.303 bits per heavy atom. The van der Waals surface area contributed by atoms with E-state index in [-0.39, 0.29) is 68.0 Å². The van der Waals surface area contributed by atoms with E-state index in [0.717, 1.165) is 128 Å². The second-order valence-electron chi connectivity index (χ2n) is 22.6. The van der Waals surface area contributed by atoms with E-state index in [9.17, 15) is 30.6 Å². The fourth-order valence-electron chi connectivity index (χ4n) is 14.5. The molecule has 4 aliphatic carbocycles. The third kappa shape index (κ3) is 7.21. The number of benzene rings is 6. The zero-order valence-corrected chi connectivity index (χ0v) is 41.0. The van der Waals surface area contributed by atoms with Crippen LogP contribution in [0.4, 0.5) is 0 Å². The molecule has 6 nitrogen and oxygen atoms in total. The highest BCUT2D eigenvalue weighted by Gasteiger charge is 2.66. The van der Waals surface area contributed by atoms with E-state index in [1.54, 1.807) is 0 Å². The van der Waals surface area contributed by atoms with Crippen molar-refractivity contribution < 1.29 is 30.6 Å². The van der Waals surface area contributed by atoms with Crippen LogP contribution in [-0.4, -0.2) is 30.6 Å². The zero-order chi connectivity index (χ0) is 47.7. The molecule has 0 amide bonds. The first-order valence-corrected chi connectivity index (χ1v) is 23.7. The summed E-state index contributed by atoms with van der Waals surface area (Å²) in [6.07, 6.45) is 6.20. The van der Waals surface area contributed by atoms with Gasteiger partial charge in [-0.25, -0.2) is 0 Å². The average Bonchev–Trinajstić information content (AvgIpc) is 3.21. The van der Waals surface area contributed by atoms with Gasteiger partial charge in [0.25, 0.3) is 0 Å². The monoisotopic (exact) mass is 885 g/mol. The SMILES string of the molecule is Cc1cc(C(c2cc(C)c(O)cc2C)c2cc(C34CC5(C)CC(C)(C3)CC(c3cc(C)c(O)c(C(c6cc(C)c(O)cc6C)c6cc(C)c(O)cc6C)c3)(C5)C4)cc(C)c2O)c(C)cc1O. The number of aromatic hydroxyl groups is 6. The van der Waals surface area contributed by atoms with E-state index < -0.39 is 0 Å². The van der Waals surface area contributed by atoms with Crippen molar-refractivity contribution in [2.75, 3.05) is 0 Å². The number of hydrogen-bond acceptors (Lipinski definition) is 6. The van der Waals surface area contributed by atoms with Crippen LogP contribution in [0.1, 0.15) is 164 Å². The maximum absolute atomic E-state index is 12.3. The first-order chi connectivity index (χ1) is 30.9. The molecule has 0 radical (unpaired) electrons. The Hall–Kier alpha value is -5.88. The van der Waals surface area contributed by atoms with Gasteiger partial charge in [-0.1, -0.05) is 62.4 Å². The number of phenols is 6. The molecular formula is C60H68O6. The van der Waals surface area contributed by atoms with Crippen molar-refractivity contribution in [2.24, 2.45) is 10.8 Å². The molecule has 0 heterocycles. The Morgan fingerprint density at radius 3 is 0.848 bits per heavy atom. The minimum Gasteiger partial charge on any atom is -0.508 e. The molecule has 4 aliphatic rings. The summed E-state index contributed by atoms with van der Waals surface area (Å²) in [5.74, 6) is 0.754. The molecule has 6 aromatic carbocycles. The predicted molar refractivity (Wildman–Crippen MR) is 265 cm³/mol. The summed E-state index contributed by atoms with van der Waals surface area (Å²) in [5, 5.41) is 68.0. The van der Waals surface area contributed by atoms with Gasteiger partial charge in [-0.05, 0) is 243 Å².